The Balaban J connectivity index is 1.56. The summed E-state index contributed by atoms with van der Waals surface area (Å²) in [7, 11) is 0. The van der Waals surface area contributed by atoms with E-state index >= 15 is 0 Å². The van der Waals surface area contributed by atoms with Crippen molar-refractivity contribution in [2.75, 3.05) is 0 Å². The van der Waals surface area contributed by atoms with Gasteiger partial charge in [-0.2, -0.15) is 0 Å². The number of hydrogen-bond acceptors (Lipinski definition) is 2. The van der Waals surface area contributed by atoms with Gasteiger partial charge in [0, 0.05) is 0 Å². The molecule has 5 rings (SSSR count). The molecule has 0 aromatic carbocycles. The van der Waals surface area contributed by atoms with E-state index in [0.29, 0.717) is 35.5 Å². The number of fused-ring (bicyclic) bond motifs is 7. The fraction of sp³-hybridized carbons (Fsp3) is 0.967. The molecule has 5 aliphatic rings. The topological polar surface area (TPSA) is 57.5 Å². The highest BCUT2D eigenvalue weighted by Gasteiger charge is 2.71. The highest BCUT2D eigenvalue weighted by Crippen LogP contribution is 2.77. The van der Waals surface area contributed by atoms with Crippen LogP contribution in [0.1, 0.15) is 113 Å². The van der Waals surface area contributed by atoms with Gasteiger partial charge in [0.25, 0.3) is 0 Å². The van der Waals surface area contributed by atoms with E-state index in [4.69, 9.17) is 0 Å². The van der Waals surface area contributed by atoms with Crippen LogP contribution in [0, 0.1) is 62.6 Å². The lowest BCUT2D eigenvalue weighted by Gasteiger charge is -2.73. The summed E-state index contributed by atoms with van der Waals surface area (Å²) in [5.74, 6) is 2.75. The van der Waals surface area contributed by atoms with Crippen molar-refractivity contribution in [1.82, 2.24) is 0 Å². The number of carbonyl (C=O) groups is 1. The van der Waals surface area contributed by atoms with E-state index in [-0.39, 0.29) is 27.8 Å². The van der Waals surface area contributed by atoms with Crippen LogP contribution in [0.25, 0.3) is 0 Å². The van der Waals surface area contributed by atoms with E-state index in [2.05, 4.69) is 48.5 Å². The van der Waals surface area contributed by atoms with Crippen LogP contribution in [0.3, 0.4) is 0 Å². The Morgan fingerprint density at radius 3 is 2.12 bits per heavy atom. The average Bonchev–Trinajstić information content (AvgIpc) is 2.74. The Morgan fingerprint density at radius 2 is 1.45 bits per heavy atom. The number of aliphatic hydroxyl groups is 1. The van der Waals surface area contributed by atoms with Gasteiger partial charge in [0.15, 0.2) is 0 Å². The zero-order valence-electron chi connectivity index (χ0n) is 22.4. The molecule has 33 heavy (non-hydrogen) atoms. The summed E-state index contributed by atoms with van der Waals surface area (Å²) < 4.78 is 0. The molecule has 0 saturated heterocycles. The van der Waals surface area contributed by atoms with E-state index in [1.807, 2.05) is 0 Å². The van der Waals surface area contributed by atoms with Crippen molar-refractivity contribution in [3.63, 3.8) is 0 Å². The van der Waals surface area contributed by atoms with Gasteiger partial charge in [-0.3, -0.25) is 4.79 Å². The highest BCUT2D eigenvalue weighted by atomic mass is 16.4. The first kappa shape index (κ1) is 24.1. The fourth-order valence-corrected chi connectivity index (χ4v) is 11.7. The summed E-state index contributed by atoms with van der Waals surface area (Å²) in [6.45, 7) is 17.2. The van der Waals surface area contributed by atoms with Crippen molar-refractivity contribution in [2.24, 2.45) is 62.6 Å². The van der Waals surface area contributed by atoms with Crippen LogP contribution < -0.4 is 0 Å². The average molecular weight is 459 g/mol. The van der Waals surface area contributed by atoms with Crippen molar-refractivity contribution < 1.29 is 15.0 Å². The van der Waals surface area contributed by atoms with E-state index in [1.165, 1.54) is 25.7 Å². The quantitative estimate of drug-likeness (QED) is 0.438. The van der Waals surface area contributed by atoms with Gasteiger partial charge >= 0.3 is 5.97 Å². The van der Waals surface area contributed by atoms with Crippen LogP contribution in [0.4, 0.5) is 0 Å². The molecule has 0 heterocycles. The number of carboxylic acid groups (broad SMARTS) is 1. The Bertz CT molecular complexity index is 819. The molecule has 0 aromatic heterocycles. The molecule has 5 aliphatic carbocycles. The van der Waals surface area contributed by atoms with E-state index < -0.39 is 11.4 Å². The Hall–Kier alpha value is -0.570. The number of aliphatic carboxylic acids is 1. The van der Waals surface area contributed by atoms with Crippen molar-refractivity contribution >= 4 is 5.97 Å². The maximum Gasteiger partial charge on any atom is 0.309 e. The first-order valence-electron chi connectivity index (χ1n) is 14.2. The van der Waals surface area contributed by atoms with Crippen LogP contribution in [0.15, 0.2) is 0 Å². The first-order chi connectivity index (χ1) is 15.3. The number of rotatable bonds is 1. The van der Waals surface area contributed by atoms with Gasteiger partial charge in [-0.25, -0.2) is 0 Å². The third-order valence-electron chi connectivity index (χ3n) is 14.0. The van der Waals surface area contributed by atoms with Crippen LogP contribution in [0.2, 0.25) is 0 Å². The summed E-state index contributed by atoms with van der Waals surface area (Å²) in [4.78, 5) is 12.8. The Labute approximate surface area is 202 Å². The minimum atomic E-state index is -0.501. The highest BCUT2D eigenvalue weighted by molar-refractivity contribution is 5.75. The summed E-state index contributed by atoms with van der Waals surface area (Å²) in [6.07, 6.45) is 10.8. The van der Waals surface area contributed by atoms with Crippen LogP contribution in [0.5, 0.6) is 0 Å². The summed E-state index contributed by atoms with van der Waals surface area (Å²) in [6, 6.07) is 0. The van der Waals surface area contributed by atoms with Gasteiger partial charge in [0.05, 0.1) is 11.5 Å². The maximum absolute atomic E-state index is 12.8. The molecule has 3 nitrogen and oxygen atoms in total. The molecule has 0 radical (unpaired) electrons. The van der Waals surface area contributed by atoms with Crippen molar-refractivity contribution in [3.8, 4) is 0 Å². The summed E-state index contributed by atoms with van der Waals surface area (Å²) in [5, 5.41) is 21.5. The molecule has 11 atom stereocenters. The zero-order valence-corrected chi connectivity index (χ0v) is 22.4. The van der Waals surface area contributed by atoms with Crippen molar-refractivity contribution in [3.05, 3.63) is 0 Å². The van der Waals surface area contributed by atoms with Gasteiger partial charge in [-0.1, -0.05) is 48.5 Å². The normalized spacial score (nSPS) is 57.8. The second kappa shape index (κ2) is 7.23. The van der Waals surface area contributed by atoms with Gasteiger partial charge in [-0.05, 0) is 121 Å². The molecule has 0 amide bonds. The molecule has 0 spiro atoms. The second-order valence-electron chi connectivity index (χ2n) is 14.9. The molecule has 0 bridgehead atoms. The molecule has 3 heteroatoms. The monoisotopic (exact) mass is 458 g/mol. The first-order valence-corrected chi connectivity index (χ1v) is 14.2. The Kier molecular flexibility index (Phi) is 5.29. The minimum Gasteiger partial charge on any atom is -0.481 e. The summed E-state index contributed by atoms with van der Waals surface area (Å²) in [5.41, 5.74) is 0.280. The smallest absolute Gasteiger partial charge is 0.309 e. The molecule has 11 unspecified atom stereocenters. The van der Waals surface area contributed by atoms with E-state index in [0.717, 1.165) is 38.5 Å². The van der Waals surface area contributed by atoms with Crippen molar-refractivity contribution in [1.29, 1.82) is 0 Å². The molecule has 188 valence electrons. The predicted molar refractivity (Wildman–Crippen MR) is 133 cm³/mol. The fourth-order valence-electron chi connectivity index (χ4n) is 11.7. The third kappa shape index (κ3) is 2.81. The number of hydrogen-bond donors (Lipinski definition) is 2. The lowest BCUT2D eigenvalue weighted by molar-refractivity contribution is -0.258. The summed E-state index contributed by atoms with van der Waals surface area (Å²) >= 11 is 0. The molecular weight excluding hydrogens is 408 g/mol. The number of aliphatic hydroxyl groups excluding tert-OH is 1. The Morgan fingerprint density at radius 1 is 0.758 bits per heavy atom. The standard InChI is InChI=1S/C30H50O3/c1-18-10-15-30(25(32)33)17-16-28(6)20(24(30)19(18)2)8-9-22-27(5)13-12-23(31)26(3,4)21(27)11-14-29(22,28)7/h18-24,31H,8-17H2,1-7H3,(H,32,33). The largest absolute Gasteiger partial charge is 0.481 e. The van der Waals surface area contributed by atoms with E-state index in [1.54, 1.807) is 0 Å². The van der Waals surface area contributed by atoms with Crippen LogP contribution >= 0.6 is 0 Å². The van der Waals surface area contributed by atoms with Gasteiger partial charge in [0.2, 0.25) is 0 Å². The minimum absolute atomic E-state index is 0.00950. The SMILES string of the molecule is CC1CCC2(C(=O)O)CCC3(C)C(CCC4C5(C)CCC(O)C(C)(C)C5CCC43C)C2C1C. The third-order valence-corrected chi connectivity index (χ3v) is 14.0. The van der Waals surface area contributed by atoms with Crippen LogP contribution in [-0.4, -0.2) is 22.3 Å². The number of carboxylic acids is 1. The van der Waals surface area contributed by atoms with Crippen LogP contribution in [-0.2, 0) is 4.79 Å². The molecule has 5 saturated carbocycles. The molecular formula is C30H50O3. The van der Waals surface area contributed by atoms with E-state index in [9.17, 15) is 15.0 Å². The molecule has 5 fully saturated rings. The second-order valence-corrected chi connectivity index (χ2v) is 14.9. The maximum atomic E-state index is 12.8. The predicted octanol–water partition coefficient (Wildman–Crippen LogP) is 7.17. The molecule has 2 N–H and O–H groups in total. The zero-order chi connectivity index (χ0) is 24.2. The van der Waals surface area contributed by atoms with Gasteiger partial charge in [-0.15, -0.1) is 0 Å². The van der Waals surface area contributed by atoms with Gasteiger partial charge < -0.3 is 10.2 Å². The lowest BCUT2D eigenvalue weighted by Crippen LogP contribution is -2.68. The lowest BCUT2D eigenvalue weighted by atomic mass is 9.31. The van der Waals surface area contributed by atoms with Gasteiger partial charge in [0.1, 0.15) is 0 Å². The molecule has 0 aliphatic heterocycles. The van der Waals surface area contributed by atoms with Crippen molar-refractivity contribution in [2.45, 2.75) is 119 Å². The molecule has 0 aromatic rings.